The number of nitrogens with two attached hydrogens (primary N) is 2. The maximum Gasteiger partial charge on any atom is 0.354 e. The zero-order chi connectivity index (χ0) is 38.1. The van der Waals surface area contributed by atoms with Crippen molar-refractivity contribution in [2.45, 2.75) is 25.9 Å². The first-order valence-corrected chi connectivity index (χ1v) is 16.4. The molecule has 2 aromatic carbocycles. The fourth-order valence-corrected chi connectivity index (χ4v) is 5.42. The minimum absolute atomic E-state index is 0.0715. The van der Waals surface area contributed by atoms with Crippen LogP contribution in [0.25, 0.3) is 22.3 Å². The number of nitrogens with zero attached hydrogens (tertiary/aromatic N) is 2. The summed E-state index contributed by atoms with van der Waals surface area (Å²) in [4.78, 5) is 61.4. The van der Waals surface area contributed by atoms with Crippen LogP contribution in [0.3, 0.4) is 0 Å². The number of aromatic nitrogens is 4. The number of carbonyl (C=O) groups is 4. The minimum Gasteiger partial charge on any atom is -0.477 e. The molecule has 6 rings (SSSR count). The van der Waals surface area contributed by atoms with Crippen LogP contribution < -0.4 is 22.1 Å². The van der Waals surface area contributed by atoms with Crippen molar-refractivity contribution in [3.63, 3.8) is 0 Å². The van der Waals surface area contributed by atoms with E-state index in [-0.39, 0.29) is 29.6 Å². The van der Waals surface area contributed by atoms with Gasteiger partial charge in [0.1, 0.15) is 11.4 Å². The van der Waals surface area contributed by atoms with E-state index in [9.17, 15) is 19.2 Å². The molecule has 9 N–H and O–H groups in total. The Hall–Kier alpha value is -6.90. The van der Waals surface area contributed by atoms with Crippen molar-refractivity contribution in [3.8, 4) is 22.3 Å². The molecule has 4 heterocycles. The van der Waals surface area contributed by atoms with Gasteiger partial charge in [-0.1, -0.05) is 12.1 Å². The van der Waals surface area contributed by atoms with E-state index in [0.29, 0.717) is 39.3 Å². The number of aromatic carboxylic acids is 1. The summed E-state index contributed by atoms with van der Waals surface area (Å²) >= 11 is 0. The van der Waals surface area contributed by atoms with Crippen LogP contribution in [0.1, 0.15) is 78.8 Å². The van der Waals surface area contributed by atoms with E-state index >= 15 is 0 Å². The standard InChI is InChI=1S/C20H20N4O3.C19H18N4O3/c1-12(21)16-4-3-13(19(25)24-15-5-7-22-8-6-15)9-17(16)14-10-18(23-11-14)20(26)27-2;1-11(20)15-3-2-12(18(24)23-14-4-6-21-7-5-14)8-16(15)13-9-17(19(25)26)22-10-13/h3-12,23H,21H2,1-2H3,(H,22,24,25);2-11,22H,20H2,1H3,(H,25,26)(H,21,23,24). The zero-order valence-corrected chi connectivity index (χ0v) is 29.1. The molecule has 0 saturated carbocycles. The summed E-state index contributed by atoms with van der Waals surface area (Å²) in [5.74, 6) is -2.04. The Morgan fingerprint density at radius 2 is 1.08 bits per heavy atom. The summed E-state index contributed by atoms with van der Waals surface area (Å²) < 4.78 is 4.73. The molecule has 270 valence electrons. The highest BCUT2D eigenvalue weighted by atomic mass is 16.5. The highest BCUT2D eigenvalue weighted by molar-refractivity contribution is 6.06. The number of anilines is 2. The molecule has 6 aromatic rings. The van der Waals surface area contributed by atoms with E-state index in [1.54, 1.807) is 97.8 Å². The molecule has 4 aromatic heterocycles. The predicted molar refractivity (Wildman–Crippen MR) is 200 cm³/mol. The van der Waals surface area contributed by atoms with E-state index in [4.69, 9.17) is 21.3 Å². The number of carbonyl (C=O) groups excluding carboxylic acids is 3. The molecule has 0 aliphatic carbocycles. The Balaban J connectivity index is 0.000000204. The average Bonchev–Trinajstić information content (AvgIpc) is 3.87. The van der Waals surface area contributed by atoms with Gasteiger partial charge in [0.2, 0.25) is 0 Å². The first kappa shape index (κ1) is 37.4. The molecule has 0 radical (unpaired) electrons. The number of hydrogen-bond donors (Lipinski definition) is 7. The summed E-state index contributed by atoms with van der Waals surface area (Å²) in [6.07, 6.45) is 9.68. The van der Waals surface area contributed by atoms with Gasteiger partial charge in [0.15, 0.2) is 0 Å². The van der Waals surface area contributed by atoms with Crippen molar-refractivity contribution < 1.29 is 29.0 Å². The number of ether oxygens (including phenoxy) is 1. The zero-order valence-electron chi connectivity index (χ0n) is 29.1. The lowest BCUT2D eigenvalue weighted by Crippen LogP contribution is -2.13. The highest BCUT2D eigenvalue weighted by Crippen LogP contribution is 2.31. The largest absolute Gasteiger partial charge is 0.477 e. The fraction of sp³-hybridized carbons (Fsp3) is 0.128. The number of esters is 1. The molecule has 2 unspecified atom stereocenters. The van der Waals surface area contributed by atoms with Gasteiger partial charge in [-0.3, -0.25) is 19.6 Å². The molecule has 0 spiro atoms. The number of carboxylic acid groups (broad SMARTS) is 1. The summed E-state index contributed by atoms with van der Waals surface area (Å²) in [6, 6.07) is 20.0. The Morgan fingerprint density at radius 3 is 1.45 bits per heavy atom. The number of carboxylic acids is 1. The van der Waals surface area contributed by atoms with Crippen molar-refractivity contribution >= 4 is 35.1 Å². The van der Waals surface area contributed by atoms with Crippen molar-refractivity contribution in [1.82, 2.24) is 19.9 Å². The number of amides is 2. The summed E-state index contributed by atoms with van der Waals surface area (Å²) in [5, 5.41) is 14.7. The SMILES string of the molecule is CC(N)c1ccc(C(=O)Nc2ccncc2)cc1-c1c[nH]c(C(=O)O)c1.COC(=O)c1cc(-c2cc(C(=O)Nc3ccncc3)ccc2C(C)N)c[nH]1. The molecule has 0 aliphatic heterocycles. The van der Waals surface area contributed by atoms with Crippen LogP contribution in [0.2, 0.25) is 0 Å². The van der Waals surface area contributed by atoms with Gasteiger partial charge in [0.25, 0.3) is 11.8 Å². The van der Waals surface area contributed by atoms with E-state index < -0.39 is 11.9 Å². The summed E-state index contributed by atoms with van der Waals surface area (Å²) in [6.45, 7) is 3.70. The lowest BCUT2D eigenvalue weighted by atomic mass is 9.95. The number of methoxy groups -OCH3 is 1. The van der Waals surface area contributed by atoms with Crippen LogP contribution in [0, 0.1) is 0 Å². The summed E-state index contributed by atoms with van der Waals surface area (Å²) in [7, 11) is 1.32. The number of H-pyrrole nitrogens is 2. The monoisotopic (exact) mass is 714 g/mol. The predicted octanol–water partition coefficient (Wildman–Crippen LogP) is 6.18. The smallest absolute Gasteiger partial charge is 0.354 e. The van der Waals surface area contributed by atoms with Gasteiger partial charge >= 0.3 is 11.9 Å². The summed E-state index contributed by atoms with van der Waals surface area (Å²) in [5.41, 5.74) is 19.3. The average molecular weight is 715 g/mol. The highest BCUT2D eigenvalue weighted by Gasteiger charge is 2.18. The van der Waals surface area contributed by atoms with E-state index in [0.717, 1.165) is 22.3 Å². The molecular formula is C39H38N8O6. The minimum atomic E-state index is -1.05. The second-order valence-corrected chi connectivity index (χ2v) is 12.0. The molecule has 14 heteroatoms. The first-order chi connectivity index (χ1) is 25.4. The van der Waals surface area contributed by atoms with Crippen molar-refractivity contribution in [2.75, 3.05) is 17.7 Å². The van der Waals surface area contributed by atoms with Crippen LogP contribution in [0.4, 0.5) is 11.4 Å². The van der Waals surface area contributed by atoms with Gasteiger partial charge in [-0.15, -0.1) is 0 Å². The van der Waals surface area contributed by atoms with Crippen molar-refractivity contribution in [3.05, 3.63) is 144 Å². The number of pyridine rings is 2. The third-order valence-corrected chi connectivity index (χ3v) is 8.11. The van der Waals surface area contributed by atoms with Gasteiger partial charge in [-0.05, 0) is 96.8 Å². The second kappa shape index (κ2) is 16.9. The number of benzene rings is 2. The normalized spacial score (nSPS) is 11.7. The fourth-order valence-electron chi connectivity index (χ4n) is 5.42. The van der Waals surface area contributed by atoms with E-state index in [2.05, 4.69) is 30.6 Å². The Labute approximate surface area is 304 Å². The van der Waals surface area contributed by atoms with Crippen LogP contribution in [-0.2, 0) is 4.74 Å². The molecule has 14 nitrogen and oxygen atoms in total. The quantitative estimate of drug-likeness (QED) is 0.0796. The lowest BCUT2D eigenvalue weighted by Gasteiger charge is -2.14. The lowest BCUT2D eigenvalue weighted by molar-refractivity contribution is 0.0593. The Morgan fingerprint density at radius 1 is 0.660 bits per heavy atom. The molecule has 0 fully saturated rings. The molecule has 0 bridgehead atoms. The molecule has 2 amide bonds. The van der Waals surface area contributed by atoms with E-state index in [1.165, 1.54) is 13.2 Å². The van der Waals surface area contributed by atoms with Gasteiger partial charge < -0.3 is 41.9 Å². The molecular weight excluding hydrogens is 676 g/mol. The van der Waals surface area contributed by atoms with Crippen LogP contribution in [0.15, 0.2) is 110 Å². The number of aromatic amines is 2. The van der Waals surface area contributed by atoms with Crippen LogP contribution in [0.5, 0.6) is 0 Å². The molecule has 0 aliphatic rings. The van der Waals surface area contributed by atoms with Gasteiger partial charge in [0, 0.05) is 82.9 Å². The third kappa shape index (κ3) is 9.26. The third-order valence-electron chi connectivity index (χ3n) is 8.11. The van der Waals surface area contributed by atoms with Crippen molar-refractivity contribution in [2.24, 2.45) is 11.5 Å². The van der Waals surface area contributed by atoms with Crippen molar-refractivity contribution in [1.29, 1.82) is 0 Å². The second-order valence-electron chi connectivity index (χ2n) is 12.0. The topological polar surface area (TPSA) is 231 Å². The maximum atomic E-state index is 12.6. The number of rotatable bonds is 10. The Bertz CT molecular complexity index is 2230. The van der Waals surface area contributed by atoms with E-state index in [1.807, 2.05) is 19.9 Å². The molecule has 2 atom stereocenters. The number of nitrogens with one attached hydrogen (secondary N) is 4. The van der Waals surface area contributed by atoms with Crippen LogP contribution >= 0.6 is 0 Å². The van der Waals surface area contributed by atoms with Gasteiger partial charge in [-0.2, -0.15) is 0 Å². The van der Waals surface area contributed by atoms with Crippen LogP contribution in [-0.4, -0.2) is 55.9 Å². The van der Waals surface area contributed by atoms with Gasteiger partial charge in [0.05, 0.1) is 7.11 Å². The number of hydrogen-bond acceptors (Lipinski definition) is 9. The Kier molecular flexibility index (Phi) is 11.9. The first-order valence-electron chi connectivity index (χ1n) is 16.4. The molecule has 0 saturated heterocycles. The van der Waals surface area contributed by atoms with Gasteiger partial charge in [-0.25, -0.2) is 9.59 Å². The maximum absolute atomic E-state index is 12.6. The molecule has 53 heavy (non-hydrogen) atoms.